The average molecular weight is 450 g/mol. The number of pyridine rings is 1. The van der Waals surface area contributed by atoms with E-state index in [2.05, 4.69) is 15.9 Å². The quantitative estimate of drug-likeness (QED) is 0.713. The van der Waals surface area contributed by atoms with Gasteiger partial charge in [-0.25, -0.2) is 4.68 Å². The molecule has 1 atom stereocenters. The maximum absolute atomic E-state index is 13.2. The van der Waals surface area contributed by atoms with Crippen molar-refractivity contribution in [2.75, 3.05) is 38.5 Å². The Morgan fingerprint density at radius 3 is 2.71 bits per heavy atom. The van der Waals surface area contributed by atoms with Gasteiger partial charge in [0.2, 0.25) is 5.43 Å². The second kappa shape index (κ2) is 7.57. The molecule has 0 bridgehead atoms. The number of hydrogen-bond acceptors (Lipinski definition) is 6. The molecule has 0 spiro atoms. The zero-order valence-corrected chi connectivity index (χ0v) is 16.9. The van der Waals surface area contributed by atoms with E-state index < -0.39 is 11.5 Å². The minimum absolute atomic E-state index is 0.0225. The predicted molar refractivity (Wildman–Crippen MR) is 105 cm³/mol. The van der Waals surface area contributed by atoms with E-state index in [9.17, 15) is 14.7 Å². The first kappa shape index (κ1) is 19.0. The number of ether oxygens (including phenoxy) is 2. The summed E-state index contributed by atoms with van der Waals surface area (Å²) in [5, 5.41) is 12.3. The molecule has 0 radical (unpaired) electrons. The molecule has 1 aromatic carbocycles. The molecule has 148 valence electrons. The van der Waals surface area contributed by atoms with Crippen LogP contribution in [0.5, 0.6) is 5.75 Å². The topological polar surface area (TPSA) is 84.2 Å². The van der Waals surface area contributed by atoms with Crippen molar-refractivity contribution < 1.29 is 19.4 Å². The molecule has 0 saturated carbocycles. The molecule has 0 aliphatic carbocycles. The summed E-state index contributed by atoms with van der Waals surface area (Å²) in [5.41, 5.74) is 0.956. The van der Waals surface area contributed by atoms with Crippen molar-refractivity contribution in [2.24, 2.45) is 0 Å². The summed E-state index contributed by atoms with van der Waals surface area (Å²) in [6, 6.07) is 9.42. The number of halogens is 1. The van der Waals surface area contributed by atoms with Gasteiger partial charge in [0.1, 0.15) is 19.4 Å². The minimum atomic E-state index is -0.876. The van der Waals surface area contributed by atoms with E-state index in [0.717, 1.165) is 5.56 Å². The van der Waals surface area contributed by atoms with Gasteiger partial charge >= 0.3 is 0 Å². The number of aromatic nitrogens is 1. The summed E-state index contributed by atoms with van der Waals surface area (Å²) in [4.78, 5) is 27.7. The van der Waals surface area contributed by atoms with Crippen molar-refractivity contribution in [1.82, 2.24) is 9.58 Å². The Balaban J connectivity index is 1.79. The number of amides is 1. The second-order valence-electron chi connectivity index (χ2n) is 6.70. The third-order valence-electron chi connectivity index (χ3n) is 4.88. The molecule has 28 heavy (non-hydrogen) atoms. The fourth-order valence-electron chi connectivity index (χ4n) is 3.54. The van der Waals surface area contributed by atoms with Gasteiger partial charge in [0.15, 0.2) is 11.4 Å². The minimum Gasteiger partial charge on any atom is -0.482 e. The smallest absolute Gasteiger partial charge is 0.278 e. The SMILES string of the molecule is COCCN1CN2CC(O)c3c(Br)c(=O)c(OCc4ccccc4)c(n32)C1=O. The number of rotatable bonds is 6. The molecule has 8 nitrogen and oxygen atoms in total. The number of carbonyl (C=O) groups is 1. The van der Waals surface area contributed by atoms with Crippen LogP contribution in [0.15, 0.2) is 39.6 Å². The number of benzene rings is 1. The molecule has 4 rings (SSSR count). The van der Waals surface area contributed by atoms with E-state index in [1.54, 1.807) is 16.7 Å². The summed E-state index contributed by atoms with van der Waals surface area (Å²) in [6.07, 6.45) is -0.876. The molecule has 0 saturated heterocycles. The van der Waals surface area contributed by atoms with Gasteiger partial charge in [-0.3, -0.25) is 14.6 Å². The highest BCUT2D eigenvalue weighted by atomic mass is 79.9. The largest absolute Gasteiger partial charge is 0.482 e. The lowest BCUT2D eigenvalue weighted by Gasteiger charge is -2.37. The van der Waals surface area contributed by atoms with Crippen molar-refractivity contribution in [3.63, 3.8) is 0 Å². The number of hydrogen-bond donors (Lipinski definition) is 1. The van der Waals surface area contributed by atoms with E-state index in [1.165, 1.54) is 0 Å². The lowest BCUT2D eigenvalue weighted by atomic mass is 10.2. The average Bonchev–Trinajstić information content (AvgIpc) is 3.03. The molecule has 1 aromatic heterocycles. The van der Waals surface area contributed by atoms with Gasteiger partial charge in [-0.1, -0.05) is 30.3 Å². The van der Waals surface area contributed by atoms with Crippen molar-refractivity contribution in [3.8, 4) is 5.75 Å². The van der Waals surface area contributed by atoms with E-state index in [1.807, 2.05) is 35.3 Å². The molecule has 9 heteroatoms. The van der Waals surface area contributed by atoms with Crippen LogP contribution in [0, 0.1) is 0 Å². The zero-order valence-electron chi connectivity index (χ0n) is 15.3. The van der Waals surface area contributed by atoms with Crippen LogP contribution in [-0.4, -0.2) is 54.1 Å². The third kappa shape index (κ3) is 3.09. The van der Waals surface area contributed by atoms with Crippen molar-refractivity contribution >= 4 is 21.8 Å². The van der Waals surface area contributed by atoms with Gasteiger partial charge < -0.3 is 19.5 Å². The number of nitrogens with zero attached hydrogens (tertiary/aromatic N) is 3. The Kier molecular flexibility index (Phi) is 5.13. The van der Waals surface area contributed by atoms with Crippen LogP contribution in [0.1, 0.15) is 27.8 Å². The summed E-state index contributed by atoms with van der Waals surface area (Å²) in [5.74, 6) is -0.345. The first-order valence-electron chi connectivity index (χ1n) is 8.89. The molecular weight excluding hydrogens is 430 g/mol. The van der Waals surface area contributed by atoms with Crippen LogP contribution in [0.2, 0.25) is 0 Å². The monoisotopic (exact) mass is 449 g/mol. The van der Waals surface area contributed by atoms with E-state index >= 15 is 0 Å². The Bertz CT molecular complexity index is 962. The van der Waals surface area contributed by atoms with E-state index in [4.69, 9.17) is 9.47 Å². The molecular formula is C19H20BrN3O5. The van der Waals surface area contributed by atoms with Gasteiger partial charge in [0.05, 0.1) is 23.3 Å². The first-order valence-corrected chi connectivity index (χ1v) is 9.69. The highest BCUT2D eigenvalue weighted by molar-refractivity contribution is 9.10. The van der Waals surface area contributed by atoms with Gasteiger partial charge in [-0.05, 0) is 21.5 Å². The molecule has 1 amide bonds. The summed E-state index contributed by atoms with van der Waals surface area (Å²) < 4.78 is 12.8. The van der Waals surface area contributed by atoms with Crippen LogP contribution in [0.3, 0.4) is 0 Å². The standard InChI is InChI=1S/C19H20BrN3O5/c1-27-8-7-21-11-22-9-13(24)15-14(20)17(25)18(16(19(21)26)23(15)22)28-10-12-5-3-2-4-6-12/h2-6,13,24H,7-11H2,1H3. The van der Waals surface area contributed by atoms with Crippen LogP contribution < -0.4 is 15.2 Å². The molecule has 2 aromatic rings. The van der Waals surface area contributed by atoms with E-state index in [-0.39, 0.29) is 35.0 Å². The van der Waals surface area contributed by atoms with Crippen LogP contribution in [0.25, 0.3) is 0 Å². The van der Waals surface area contributed by atoms with Crippen molar-refractivity contribution in [3.05, 3.63) is 62.0 Å². The molecule has 0 fully saturated rings. The normalized spacial score (nSPS) is 17.8. The van der Waals surface area contributed by atoms with Gasteiger partial charge in [-0.2, -0.15) is 0 Å². The Morgan fingerprint density at radius 1 is 1.25 bits per heavy atom. The summed E-state index contributed by atoms with van der Waals surface area (Å²) in [7, 11) is 1.57. The first-order chi connectivity index (χ1) is 13.5. The lowest BCUT2D eigenvalue weighted by Crippen LogP contribution is -2.53. The zero-order chi connectivity index (χ0) is 19.8. The van der Waals surface area contributed by atoms with Gasteiger partial charge in [0.25, 0.3) is 5.91 Å². The molecule has 2 aliphatic rings. The highest BCUT2D eigenvalue weighted by Gasteiger charge is 2.42. The number of aliphatic hydroxyl groups is 1. The molecule has 1 N–H and O–H groups in total. The van der Waals surface area contributed by atoms with Crippen molar-refractivity contribution in [2.45, 2.75) is 12.7 Å². The van der Waals surface area contributed by atoms with Crippen LogP contribution >= 0.6 is 15.9 Å². The Morgan fingerprint density at radius 2 is 2.00 bits per heavy atom. The lowest BCUT2D eigenvalue weighted by molar-refractivity contribution is 0.0624. The summed E-state index contributed by atoms with van der Waals surface area (Å²) >= 11 is 3.30. The fourth-order valence-corrected chi connectivity index (χ4v) is 4.15. The summed E-state index contributed by atoms with van der Waals surface area (Å²) in [6.45, 7) is 1.48. The second-order valence-corrected chi connectivity index (χ2v) is 7.49. The predicted octanol–water partition coefficient (Wildman–Crippen LogP) is 1.23. The molecule has 2 aliphatic heterocycles. The van der Waals surface area contributed by atoms with Crippen LogP contribution in [0.4, 0.5) is 0 Å². The third-order valence-corrected chi connectivity index (χ3v) is 5.65. The van der Waals surface area contributed by atoms with Gasteiger partial charge in [-0.15, -0.1) is 0 Å². The number of carbonyl (C=O) groups excluding carboxylic acids is 1. The highest BCUT2D eigenvalue weighted by Crippen LogP contribution is 2.35. The maximum atomic E-state index is 13.2. The molecule has 3 heterocycles. The maximum Gasteiger partial charge on any atom is 0.278 e. The fraction of sp³-hybridized carbons (Fsp3) is 0.368. The number of aliphatic hydroxyl groups excluding tert-OH is 1. The number of methoxy groups -OCH3 is 1. The van der Waals surface area contributed by atoms with Gasteiger partial charge in [0, 0.05) is 13.7 Å². The van der Waals surface area contributed by atoms with Crippen molar-refractivity contribution in [1.29, 1.82) is 0 Å². The molecule has 1 unspecified atom stereocenters. The Hall–Kier alpha value is -2.36. The van der Waals surface area contributed by atoms with Crippen LogP contribution in [-0.2, 0) is 11.3 Å². The van der Waals surface area contributed by atoms with E-state index in [0.29, 0.717) is 25.5 Å². The Labute approximate surface area is 170 Å².